The van der Waals surface area contributed by atoms with Crippen LogP contribution >= 0.6 is 0 Å². The molecule has 2 rings (SSSR count). The summed E-state index contributed by atoms with van der Waals surface area (Å²) in [6.45, 7) is 3.09. The normalized spacial score (nSPS) is 17.1. The molecule has 1 aliphatic rings. The van der Waals surface area contributed by atoms with E-state index in [1.165, 1.54) is 4.90 Å². The Hall–Kier alpha value is -3.47. The number of amides is 4. The summed E-state index contributed by atoms with van der Waals surface area (Å²) >= 11 is 0. The minimum atomic E-state index is -1.08. The molecule has 34 heavy (non-hydrogen) atoms. The Morgan fingerprint density at radius 1 is 1.09 bits per heavy atom. The van der Waals surface area contributed by atoms with Crippen molar-refractivity contribution in [3.63, 3.8) is 0 Å². The van der Waals surface area contributed by atoms with Crippen molar-refractivity contribution in [1.82, 2.24) is 20.9 Å². The highest BCUT2D eigenvalue weighted by Gasteiger charge is 2.37. The van der Waals surface area contributed by atoms with Gasteiger partial charge >= 0.3 is 5.97 Å². The molecule has 0 aliphatic carbocycles. The first-order valence-electron chi connectivity index (χ1n) is 11.3. The van der Waals surface area contributed by atoms with Crippen molar-refractivity contribution in [2.75, 3.05) is 19.6 Å². The van der Waals surface area contributed by atoms with Crippen LogP contribution in [0.25, 0.3) is 0 Å². The van der Waals surface area contributed by atoms with Gasteiger partial charge in [-0.25, -0.2) is 4.79 Å². The minimum absolute atomic E-state index is 0.170. The Balaban J connectivity index is 2.07. The predicted octanol–water partition coefficient (Wildman–Crippen LogP) is -0.995. The number of nitrogens with zero attached hydrogens (tertiary/aromatic N) is 1. The lowest BCUT2D eigenvalue weighted by Crippen LogP contribution is -2.55. The molecule has 3 atom stereocenters. The summed E-state index contributed by atoms with van der Waals surface area (Å²) in [6.07, 6.45) is 1.09. The molecule has 1 aromatic carbocycles. The number of carboxylic acid groups (broad SMARTS) is 1. The number of nitrogens with one attached hydrogen (secondary N) is 3. The van der Waals surface area contributed by atoms with Crippen molar-refractivity contribution < 1.29 is 29.1 Å². The largest absolute Gasteiger partial charge is 0.480 e. The quantitative estimate of drug-likeness (QED) is 0.273. The monoisotopic (exact) mass is 475 g/mol. The Morgan fingerprint density at radius 3 is 2.35 bits per heavy atom. The second kappa shape index (κ2) is 12.7. The van der Waals surface area contributed by atoms with E-state index in [0.29, 0.717) is 19.4 Å². The van der Waals surface area contributed by atoms with Crippen molar-refractivity contribution in [1.29, 1.82) is 0 Å². The summed E-state index contributed by atoms with van der Waals surface area (Å²) in [5.74, 6) is -3.46. The summed E-state index contributed by atoms with van der Waals surface area (Å²) in [4.78, 5) is 62.7. The van der Waals surface area contributed by atoms with E-state index in [-0.39, 0.29) is 18.9 Å². The molecule has 1 fully saturated rings. The molecule has 0 saturated carbocycles. The second-order valence-electron chi connectivity index (χ2n) is 8.55. The van der Waals surface area contributed by atoms with Crippen molar-refractivity contribution in [2.45, 2.75) is 51.2 Å². The van der Waals surface area contributed by atoms with E-state index in [4.69, 9.17) is 5.73 Å². The van der Waals surface area contributed by atoms with Gasteiger partial charge < -0.3 is 31.7 Å². The summed E-state index contributed by atoms with van der Waals surface area (Å²) in [5, 5.41) is 17.1. The Bertz CT molecular complexity index is 891. The third-order valence-corrected chi connectivity index (χ3v) is 5.61. The van der Waals surface area contributed by atoms with Gasteiger partial charge in [0.25, 0.3) is 0 Å². The van der Waals surface area contributed by atoms with Crippen molar-refractivity contribution in [2.24, 2.45) is 11.7 Å². The van der Waals surface area contributed by atoms with Gasteiger partial charge in [-0.15, -0.1) is 0 Å². The molecular weight excluding hydrogens is 442 g/mol. The van der Waals surface area contributed by atoms with Crippen molar-refractivity contribution in [3.8, 4) is 0 Å². The van der Waals surface area contributed by atoms with Crippen LogP contribution in [0.15, 0.2) is 30.3 Å². The molecule has 186 valence electrons. The van der Waals surface area contributed by atoms with Gasteiger partial charge in [0.15, 0.2) is 0 Å². The van der Waals surface area contributed by atoms with Crippen LogP contribution in [-0.2, 0) is 30.4 Å². The van der Waals surface area contributed by atoms with Crippen molar-refractivity contribution in [3.05, 3.63) is 35.9 Å². The average Bonchev–Trinajstić information content (AvgIpc) is 3.30. The SMILES string of the molecule is CC(C)C(NC(=O)CN)C(=O)NCC(=O)NC(Cc1ccccc1)C(=O)N1CCCC1C(=O)O. The highest BCUT2D eigenvalue weighted by atomic mass is 16.4. The second-order valence-corrected chi connectivity index (χ2v) is 8.55. The summed E-state index contributed by atoms with van der Waals surface area (Å²) in [7, 11) is 0. The molecule has 0 radical (unpaired) electrons. The van der Waals surface area contributed by atoms with Gasteiger partial charge in [0.2, 0.25) is 23.6 Å². The first-order valence-corrected chi connectivity index (χ1v) is 11.3. The molecule has 0 aromatic heterocycles. The third kappa shape index (κ3) is 7.55. The standard InChI is InChI=1S/C23H33N5O6/c1-14(2)20(27-18(29)12-24)21(31)25-13-19(30)26-16(11-15-7-4-3-5-8-15)22(32)28-10-6-9-17(28)23(33)34/h3-5,7-8,14,16-17,20H,6,9-13,24H2,1-2H3,(H,25,31)(H,26,30)(H,27,29)(H,33,34). The molecule has 4 amide bonds. The van der Waals surface area contributed by atoms with Gasteiger partial charge in [-0.1, -0.05) is 44.2 Å². The molecular formula is C23H33N5O6. The Morgan fingerprint density at radius 2 is 1.76 bits per heavy atom. The maximum atomic E-state index is 13.2. The van der Waals surface area contributed by atoms with Gasteiger partial charge in [0.1, 0.15) is 18.1 Å². The molecule has 11 heteroatoms. The topological polar surface area (TPSA) is 171 Å². The van der Waals surface area contributed by atoms with Gasteiger partial charge in [0, 0.05) is 13.0 Å². The highest BCUT2D eigenvalue weighted by Crippen LogP contribution is 2.19. The number of aliphatic carboxylic acids is 1. The number of carbonyl (C=O) groups excluding carboxylic acids is 4. The average molecular weight is 476 g/mol. The zero-order valence-corrected chi connectivity index (χ0v) is 19.5. The van der Waals surface area contributed by atoms with Gasteiger partial charge in [0.05, 0.1) is 13.1 Å². The number of benzene rings is 1. The predicted molar refractivity (Wildman–Crippen MR) is 123 cm³/mol. The van der Waals surface area contributed by atoms with E-state index >= 15 is 0 Å². The summed E-state index contributed by atoms with van der Waals surface area (Å²) in [5.41, 5.74) is 6.08. The highest BCUT2D eigenvalue weighted by molar-refractivity contribution is 5.94. The zero-order chi connectivity index (χ0) is 25.3. The van der Waals surface area contributed by atoms with Crippen molar-refractivity contribution >= 4 is 29.6 Å². The zero-order valence-electron chi connectivity index (χ0n) is 19.5. The first kappa shape index (κ1) is 26.8. The number of hydrogen-bond acceptors (Lipinski definition) is 6. The van der Waals surface area contributed by atoms with Crippen LogP contribution < -0.4 is 21.7 Å². The lowest BCUT2D eigenvalue weighted by molar-refractivity contribution is -0.149. The van der Waals surface area contributed by atoms with E-state index < -0.39 is 54.3 Å². The number of hydrogen-bond donors (Lipinski definition) is 5. The molecule has 0 spiro atoms. The molecule has 6 N–H and O–H groups in total. The smallest absolute Gasteiger partial charge is 0.326 e. The van der Waals surface area contributed by atoms with Gasteiger partial charge in [-0.05, 0) is 24.3 Å². The molecule has 1 heterocycles. The Kier molecular flexibility index (Phi) is 9.99. The number of likely N-dealkylation sites (tertiary alicyclic amines) is 1. The maximum absolute atomic E-state index is 13.2. The number of rotatable bonds is 11. The van der Waals surface area contributed by atoms with E-state index in [1.807, 2.05) is 6.07 Å². The first-order chi connectivity index (χ1) is 16.1. The van der Waals surface area contributed by atoms with E-state index in [9.17, 15) is 29.1 Å². The van der Waals surface area contributed by atoms with Crippen LogP contribution in [-0.4, -0.2) is 77.4 Å². The number of carbonyl (C=O) groups is 5. The summed E-state index contributed by atoms with van der Waals surface area (Å²) in [6, 6.07) is 6.24. The van der Waals surface area contributed by atoms with E-state index in [0.717, 1.165) is 5.56 Å². The number of carboxylic acids is 1. The van der Waals surface area contributed by atoms with Crippen LogP contribution in [0.3, 0.4) is 0 Å². The van der Waals surface area contributed by atoms with Gasteiger partial charge in [-0.2, -0.15) is 0 Å². The minimum Gasteiger partial charge on any atom is -0.480 e. The number of nitrogens with two attached hydrogens (primary N) is 1. The fourth-order valence-electron chi connectivity index (χ4n) is 3.83. The van der Waals surface area contributed by atoms with Crippen LogP contribution in [0, 0.1) is 5.92 Å². The van der Waals surface area contributed by atoms with Crippen LogP contribution in [0.4, 0.5) is 0 Å². The molecule has 1 aromatic rings. The fraction of sp³-hybridized carbons (Fsp3) is 0.522. The molecule has 1 saturated heterocycles. The van der Waals surface area contributed by atoms with Crippen LogP contribution in [0.1, 0.15) is 32.3 Å². The molecule has 11 nitrogen and oxygen atoms in total. The van der Waals surface area contributed by atoms with Crippen LogP contribution in [0.5, 0.6) is 0 Å². The fourth-order valence-corrected chi connectivity index (χ4v) is 3.83. The van der Waals surface area contributed by atoms with E-state index in [2.05, 4.69) is 16.0 Å². The molecule has 1 aliphatic heterocycles. The third-order valence-electron chi connectivity index (χ3n) is 5.61. The molecule has 0 bridgehead atoms. The maximum Gasteiger partial charge on any atom is 0.326 e. The lowest BCUT2D eigenvalue weighted by Gasteiger charge is -2.27. The van der Waals surface area contributed by atoms with Gasteiger partial charge in [-0.3, -0.25) is 19.2 Å². The van der Waals surface area contributed by atoms with E-state index in [1.54, 1.807) is 38.1 Å². The Labute approximate surface area is 198 Å². The summed E-state index contributed by atoms with van der Waals surface area (Å²) < 4.78 is 0. The van der Waals surface area contributed by atoms with Crippen LogP contribution in [0.2, 0.25) is 0 Å². The molecule has 3 unspecified atom stereocenters. The lowest BCUT2D eigenvalue weighted by atomic mass is 10.0.